The number of benzene rings is 1. The molecule has 2 saturated heterocycles. The molecule has 0 spiro atoms. The fraction of sp³-hybridized carbons (Fsp3) is 0.600. The summed E-state index contributed by atoms with van der Waals surface area (Å²) in [5, 5.41) is 3.23. The number of nitrogens with one attached hydrogen (secondary N) is 1. The van der Waals surface area contributed by atoms with Crippen molar-refractivity contribution in [2.75, 3.05) is 52.3 Å². The number of likely N-dealkylation sites (N-methyl/N-ethyl adjacent to an activating group) is 1. The summed E-state index contributed by atoms with van der Waals surface area (Å²) >= 11 is 1.88. The van der Waals surface area contributed by atoms with Crippen LogP contribution in [-0.2, 0) is 16.0 Å². The van der Waals surface area contributed by atoms with E-state index in [2.05, 4.69) is 5.32 Å². The van der Waals surface area contributed by atoms with E-state index in [1.165, 1.54) is 0 Å². The van der Waals surface area contributed by atoms with Gasteiger partial charge in [0, 0.05) is 24.9 Å². The molecule has 148 valence electrons. The fourth-order valence-corrected chi connectivity index (χ4v) is 4.88. The first-order valence-electron chi connectivity index (χ1n) is 9.36. The van der Waals surface area contributed by atoms with Crippen molar-refractivity contribution in [2.24, 2.45) is 5.41 Å². The van der Waals surface area contributed by atoms with Crippen molar-refractivity contribution in [2.45, 2.75) is 18.9 Å². The van der Waals surface area contributed by atoms with Crippen LogP contribution in [0.15, 0.2) is 24.3 Å². The van der Waals surface area contributed by atoms with Crippen molar-refractivity contribution in [3.05, 3.63) is 29.8 Å². The smallest absolute Gasteiger partial charge is 0.236 e. The Morgan fingerprint density at radius 2 is 2.15 bits per heavy atom. The Bertz CT molecular complexity index is 683. The molecule has 1 aromatic rings. The molecule has 1 aromatic carbocycles. The Morgan fingerprint density at radius 1 is 1.37 bits per heavy atom. The van der Waals surface area contributed by atoms with E-state index in [1.807, 2.05) is 55.0 Å². The molecule has 27 heavy (non-hydrogen) atoms. The Hall–Kier alpha value is -1.73. The molecule has 2 heterocycles. The summed E-state index contributed by atoms with van der Waals surface area (Å²) in [6.07, 6.45) is 1.64. The van der Waals surface area contributed by atoms with Crippen molar-refractivity contribution in [3.8, 4) is 5.75 Å². The molecule has 1 atom stereocenters. The molecule has 0 bridgehead atoms. The monoisotopic (exact) mass is 391 g/mol. The molecule has 0 aromatic heterocycles. The van der Waals surface area contributed by atoms with Gasteiger partial charge in [0.2, 0.25) is 11.8 Å². The molecule has 7 heteroatoms. The Morgan fingerprint density at radius 3 is 2.78 bits per heavy atom. The summed E-state index contributed by atoms with van der Waals surface area (Å²) in [7, 11) is 5.40. The van der Waals surface area contributed by atoms with Crippen LogP contribution < -0.4 is 10.1 Å². The highest BCUT2D eigenvalue weighted by molar-refractivity contribution is 7.99. The van der Waals surface area contributed by atoms with Crippen molar-refractivity contribution in [3.63, 3.8) is 0 Å². The number of hydrogen-bond acceptors (Lipinski definition) is 5. The molecule has 2 amide bonds. The minimum absolute atomic E-state index is 0.0745. The molecular formula is C20H29N3O3S. The SMILES string of the molecule is COc1cccc(CC2(C(=O)NC3CCSC3)CN(C(=O)CN(C)C)C2)c1. The van der Waals surface area contributed by atoms with Crippen LogP contribution in [0.1, 0.15) is 12.0 Å². The third-order valence-electron chi connectivity index (χ3n) is 5.21. The van der Waals surface area contributed by atoms with E-state index in [9.17, 15) is 9.59 Å². The molecule has 0 radical (unpaired) electrons. The van der Waals surface area contributed by atoms with E-state index < -0.39 is 5.41 Å². The van der Waals surface area contributed by atoms with Gasteiger partial charge < -0.3 is 19.9 Å². The van der Waals surface area contributed by atoms with E-state index in [-0.39, 0.29) is 17.9 Å². The topological polar surface area (TPSA) is 61.9 Å². The highest BCUT2D eigenvalue weighted by atomic mass is 32.2. The van der Waals surface area contributed by atoms with Crippen LogP contribution >= 0.6 is 11.8 Å². The van der Waals surface area contributed by atoms with Gasteiger partial charge in [-0.1, -0.05) is 12.1 Å². The molecule has 0 aliphatic carbocycles. The largest absolute Gasteiger partial charge is 0.497 e. The third kappa shape index (κ3) is 4.76. The first-order valence-corrected chi connectivity index (χ1v) is 10.5. The summed E-state index contributed by atoms with van der Waals surface area (Å²) in [5.74, 6) is 3.01. The van der Waals surface area contributed by atoms with Crippen LogP contribution in [0.5, 0.6) is 5.75 Å². The number of hydrogen-bond donors (Lipinski definition) is 1. The average molecular weight is 392 g/mol. The molecule has 2 aliphatic rings. The van der Waals surface area contributed by atoms with Gasteiger partial charge in [-0.25, -0.2) is 0 Å². The zero-order valence-corrected chi connectivity index (χ0v) is 17.2. The first-order chi connectivity index (χ1) is 12.9. The Labute approximate surface area is 165 Å². The van der Waals surface area contributed by atoms with Gasteiger partial charge in [-0.15, -0.1) is 0 Å². The summed E-state index contributed by atoms with van der Waals surface area (Å²) < 4.78 is 5.32. The highest BCUT2D eigenvalue weighted by Gasteiger charge is 2.51. The molecule has 6 nitrogen and oxygen atoms in total. The van der Waals surface area contributed by atoms with Gasteiger partial charge in [0.05, 0.1) is 19.1 Å². The number of methoxy groups -OCH3 is 1. The maximum Gasteiger partial charge on any atom is 0.236 e. The van der Waals surface area contributed by atoms with Crippen molar-refractivity contribution in [1.82, 2.24) is 15.1 Å². The lowest BCUT2D eigenvalue weighted by Crippen LogP contribution is -2.67. The molecule has 1 unspecified atom stereocenters. The van der Waals surface area contributed by atoms with Gasteiger partial charge >= 0.3 is 0 Å². The van der Waals surface area contributed by atoms with Gasteiger partial charge in [-0.05, 0) is 50.4 Å². The number of likely N-dealkylation sites (tertiary alicyclic amines) is 1. The standard InChI is InChI=1S/C20H29N3O3S/c1-22(2)11-18(24)23-13-20(14-23,19(25)21-16-7-8-27-12-16)10-15-5-4-6-17(9-15)26-3/h4-6,9,16H,7-8,10-14H2,1-3H3,(H,21,25). The number of amides is 2. The Balaban J connectivity index is 1.73. The second kappa shape index (κ2) is 8.52. The van der Waals surface area contributed by atoms with Crippen molar-refractivity contribution in [1.29, 1.82) is 0 Å². The predicted octanol–water partition coefficient (Wildman–Crippen LogP) is 1.25. The van der Waals surface area contributed by atoms with E-state index in [0.29, 0.717) is 26.1 Å². The van der Waals surface area contributed by atoms with Crippen LogP contribution in [0, 0.1) is 5.41 Å². The lowest BCUT2D eigenvalue weighted by atomic mass is 9.73. The summed E-state index contributed by atoms with van der Waals surface area (Å²) in [6, 6.07) is 8.09. The molecule has 2 fully saturated rings. The van der Waals surface area contributed by atoms with Gasteiger partial charge in [-0.3, -0.25) is 9.59 Å². The molecule has 0 saturated carbocycles. The molecule has 3 rings (SSSR count). The summed E-state index contributed by atoms with van der Waals surface area (Å²) in [6.45, 7) is 1.32. The maximum atomic E-state index is 13.2. The van der Waals surface area contributed by atoms with Gasteiger partial charge in [0.1, 0.15) is 5.75 Å². The maximum absolute atomic E-state index is 13.2. The van der Waals surface area contributed by atoms with Crippen LogP contribution in [0.3, 0.4) is 0 Å². The Kier molecular flexibility index (Phi) is 6.32. The zero-order valence-electron chi connectivity index (χ0n) is 16.4. The minimum atomic E-state index is -0.554. The van der Waals surface area contributed by atoms with Gasteiger partial charge in [-0.2, -0.15) is 11.8 Å². The van der Waals surface area contributed by atoms with Crippen LogP contribution in [-0.4, -0.2) is 80.0 Å². The average Bonchev–Trinajstić information content (AvgIpc) is 3.10. The number of thioether (sulfide) groups is 1. The quantitative estimate of drug-likeness (QED) is 0.758. The normalized spacial score (nSPS) is 21.0. The van der Waals surface area contributed by atoms with Crippen LogP contribution in [0.25, 0.3) is 0 Å². The number of ether oxygens (including phenoxy) is 1. The van der Waals surface area contributed by atoms with E-state index in [1.54, 1.807) is 12.0 Å². The number of nitrogens with zero attached hydrogens (tertiary/aromatic N) is 2. The minimum Gasteiger partial charge on any atom is -0.497 e. The van der Waals surface area contributed by atoms with Gasteiger partial charge in [0.25, 0.3) is 0 Å². The second-order valence-electron chi connectivity index (χ2n) is 7.83. The number of carbonyl (C=O) groups is 2. The molecule has 1 N–H and O–H groups in total. The molecule has 2 aliphatic heterocycles. The first kappa shape index (κ1) is 20.0. The van der Waals surface area contributed by atoms with Crippen molar-refractivity contribution >= 4 is 23.6 Å². The van der Waals surface area contributed by atoms with E-state index in [0.717, 1.165) is 29.2 Å². The summed E-state index contributed by atoms with van der Waals surface area (Å²) in [4.78, 5) is 29.2. The highest BCUT2D eigenvalue weighted by Crippen LogP contribution is 2.36. The lowest BCUT2D eigenvalue weighted by molar-refractivity contribution is -0.154. The molecular weight excluding hydrogens is 362 g/mol. The number of rotatable bonds is 7. The third-order valence-corrected chi connectivity index (χ3v) is 6.38. The fourth-order valence-electron chi connectivity index (χ4n) is 3.73. The van der Waals surface area contributed by atoms with Crippen LogP contribution in [0.4, 0.5) is 0 Å². The van der Waals surface area contributed by atoms with E-state index >= 15 is 0 Å². The lowest BCUT2D eigenvalue weighted by Gasteiger charge is -2.49. The zero-order chi connectivity index (χ0) is 19.4. The van der Waals surface area contributed by atoms with Gasteiger partial charge in [0.15, 0.2) is 0 Å². The second-order valence-corrected chi connectivity index (χ2v) is 8.98. The van der Waals surface area contributed by atoms with Crippen LogP contribution in [0.2, 0.25) is 0 Å². The summed E-state index contributed by atoms with van der Waals surface area (Å²) in [5.41, 5.74) is 0.506. The van der Waals surface area contributed by atoms with Crippen molar-refractivity contribution < 1.29 is 14.3 Å². The number of carbonyl (C=O) groups excluding carboxylic acids is 2. The van der Waals surface area contributed by atoms with E-state index in [4.69, 9.17) is 4.74 Å². The predicted molar refractivity (Wildman–Crippen MR) is 108 cm³/mol.